The van der Waals surface area contributed by atoms with Gasteiger partial charge in [-0.05, 0) is 65.8 Å². The van der Waals surface area contributed by atoms with Crippen molar-refractivity contribution in [2.75, 3.05) is 13.1 Å². The van der Waals surface area contributed by atoms with Crippen molar-refractivity contribution in [3.05, 3.63) is 0 Å². The Kier molecular flexibility index (Phi) is 6.32. The maximum absolute atomic E-state index is 12.1. The van der Waals surface area contributed by atoms with E-state index in [1.165, 1.54) is 38.5 Å². The largest absolute Gasteiger partial charge is 0.444 e. The number of alkyl carbamates (subject to hydrolysis) is 1. The molecule has 2 unspecified atom stereocenters. The van der Waals surface area contributed by atoms with Gasteiger partial charge in [0.05, 0.1) is 0 Å². The zero-order valence-corrected chi connectivity index (χ0v) is 15.3. The van der Waals surface area contributed by atoms with Gasteiger partial charge >= 0.3 is 6.09 Å². The lowest BCUT2D eigenvalue weighted by molar-refractivity contribution is 0.0121. The minimum Gasteiger partial charge on any atom is -0.444 e. The van der Waals surface area contributed by atoms with Crippen molar-refractivity contribution in [1.82, 2.24) is 10.2 Å². The van der Waals surface area contributed by atoms with E-state index in [0.717, 1.165) is 12.5 Å². The van der Waals surface area contributed by atoms with Crippen LogP contribution in [0.25, 0.3) is 0 Å². The molecule has 2 rings (SSSR count). The lowest BCUT2D eigenvalue weighted by Crippen LogP contribution is -2.60. The van der Waals surface area contributed by atoms with E-state index in [-0.39, 0.29) is 18.2 Å². The fourth-order valence-electron chi connectivity index (χ4n) is 4.29. The normalized spacial score (nSPS) is 28.6. The minimum atomic E-state index is -0.471. The van der Waals surface area contributed by atoms with E-state index < -0.39 is 5.60 Å². The van der Waals surface area contributed by atoms with Crippen molar-refractivity contribution < 1.29 is 9.53 Å². The molecule has 0 radical (unpaired) electrons. The third-order valence-electron chi connectivity index (χ3n) is 5.28. The second-order valence-corrected chi connectivity index (χ2v) is 8.23. The highest BCUT2D eigenvalue weighted by atomic mass is 16.6. The van der Waals surface area contributed by atoms with Crippen LogP contribution in [0.15, 0.2) is 0 Å². The molecule has 2 fully saturated rings. The summed E-state index contributed by atoms with van der Waals surface area (Å²) in [4.78, 5) is 14.6. The van der Waals surface area contributed by atoms with Gasteiger partial charge in [0.25, 0.3) is 0 Å². The van der Waals surface area contributed by atoms with Crippen molar-refractivity contribution in [2.45, 2.75) is 89.9 Å². The molecule has 0 bridgehead atoms. The fourth-order valence-corrected chi connectivity index (χ4v) is 4.29. The summed E-state index contributed by atoms with van der Waals surface area (Å²) < 4.78 is 5.39. The number of hydrogen-bond donors (Lipinski definition) is 2. The molecule has 1 heterocycles. The van der Waals surface area contributed by atoms with E-state index in [1.54, 1.807) is 0 Å². The van der Waals surface area contributed by atoms with Crippen LogP contribution in [0.5, 0.6) is 0 Å². The van der Waals surface area contributed by atoms with Gasteiger partial charge in [0.1, 0.15) is 5.60 Å². The molecule has 1 amide bonds. The first-order chi connectivity index (χ1) is 10.8. The molecule has 0 aromatic carbocycles. The predicted octanol–water partition coefficient (Wildman–Crippen LogP) is 2.88. The Balaban J connectivity index is 1.98. The van der Waals surface area contributed by atoms with Gasteiger partial charge in [0.2, 0.25) is 0 Å². The zero-order chi connectivity index (χ0) is 17.0. The number of hydrogen-bond acceptors (Lipinski definition) is 4. The molecule has 0 spiro atoms. The van der Waals surface area contributed by atoms with Crippen LogP contribution in [-0.2, 0) is 4.74 Å². The van der Waals surface area contributed by atoms with Gasteiger partial charge in [-0.15, -0.1) is 0 Å². The Hall–Kier alpha value is -0.810. The van der Waals surface area contributed by atoms with Crippen LogP contribution in [0.3, 0.4) is 0 Å². The van der Waals surface area contributed by atoms with Crippen molar-refractivity contribution in [3.8, 4) is 0 Å². The number of carbonyl (C=O) groups excluding carboxylic acids is 1. The molecule has 23 heavy (non-hydrogen) atoms. The van der Waals surface area contributed by atoms with Crippen LogP contribution >= 0.6 is 0 Å². The molecule has 0 aromatic rings. The van der Waals surface area contributed by atoms with Crippen LogP contribution in [0.1, 0.15) is 66.2 Å². The first-order valence-electron chi connectivity index (χ1n) is 9.27. The number of nitrogens with one attached hydrogen (secondary N) is 1. The first kappa shape index (κ1) is 18.5. The smallest absolute Gasteiger partial charge is 0.407 e. The van der Waals surface area contributed by atoms with E-state index in [1.807, 2.05) is 27.7 Å². The second-order valence-electron chi connectivity index (χ2n) is 8.23. The standard InChI is InChI=1S/C18H35N3O2/c1-13(20-17(22)23-18(2,3)4)16(12-19)21-11-7-9-14-8-5-6-10-15(14)21/h13-16H,5-12,19H2,1-4H3,(H,20,22)/t13?,14-,15-,16?/m1/s1. The Morgan fingerprint density at radius 2 is 1.91 bits per heavy atom. The van der Waals surface area contributed by atoms with Gasteiger partial charge in [0.15, 0.2) is 0 Å². The van der Waals surface area contributed by atoms with Crippen molar-refractivity contribution >= 4 is 6.09 Å². The number of amides is 1. The van der Waals surface area contributed by atoms with E-state index in [2.05, 4.69) is 10.2 Å². The minimum absolute atomic E-state index is 0.00414. The summed E-state index contributed by atoms with van der Waals surface area (Å²) in [5, 5.41) is 3.00. The monoisotopic (exact) mass is 325 g/mol. The molecule has 4 atom stereocenters. The number of nitrogens with zero attached hydrogens (tertiary/aromatic N) is 1. The molecule has 1 saturated heterocycles. The van der Waals surface area contributed by atoms with Crippen LogP contribution in [0, 0.1) is 5.92 Å². The van der Waals surface area contributed by atoms with E-state index in [0.29, 0.717) is 12.6 Å². The molecular formula is C18H35N3O2. The van der Waals surface area contributed by atoms with Crippen LogP contribution in [-0.4, -0.2) is 47.8 Å². The second kappa shape index (κ2) is 7.84. The van der Waals surface area contributed by atoms with Crippen molar-refractivity contribution in [3.63, 3.8) is 0 Å². The number of nitrogens with two attached hydrogens (primary N) is 1. The number of ether oxygens (including phenoxy) is 1. The van der Waals surface area contributed by atoms with Crippen molar-refractivity contribution in [2.24, 2.45) is 11.7 Å². The molecule has 3 N–H and O–H groups in total. The summed E-state index contributed by atoms with van der Waals surface area (Å²) in [6.45, 7) is 9.37. The summed E-state index contributed by atoms with van der Waals surface area (Å²) in [7, 11) is 0. The highest BCUT2D eigenvalue weighted by molar-refractivity contribution is 5.68. The maximum atomic E-state index is 12.1. The van der Waals surface area contributed by atoms with Gasteiger partial charge in [-0.25, -0.2) is 4.79 Å². The summed E-state index contributed by atoms with van der Waals surface area (Å²) in [5.74, 6) is 0.820. The SMILES string of the molecule is CC(NC(=O)OC(C)(C)C)C(CN)N1CCC[C@H]2CCCC[C@H]21. The first-order valence-corrected chi connectivity index (χ1v) is 9.27. The third-order valence-corrected chi connectivity index (χ3v) is 5.28. The number of piperidine rings is 1. The number of carbonyl (C=O) groups is 1. The molecule has 1 aliphatic carbocycles. The van der Waals surface area contributed by atoms with Gasteiger partial charge in [-0.2, -0.15) is 0 Å². The van der Waals surface area contributed by atoms with Crippen LogP contribution < -0.4 is 11.1 Å². The summed E-state index contributed by atoms with van der Waals surface area (Å²) in [6.07, 6.45) is 7.58. The highest BCUT2D eigenvalue weighted by Gasteiger charge is 2.38. The number of likely N-dealkylation sites (tertiary alicyclic amines) is 1. The van der Waals surface area contributed by atoms with Crippen LogP contribution in [0.2, 0.25) is 0 Å². The average molecular weight is 325 g/mol. The molecular weight excluding hydrogens is 290 g/mol. The summed E-state index contributed by atoms with van der Waals surface area (Å²) in [6, 6.07) is 0.831. The fraction of sp³-hybridized carbons (Fsp3) is 0.944. The molecule has 0 aromatic heterocycles. The third kappa shape index (κ3) is 5.08. The van der Waals surface area contributed by atoms with E-state index >= 15 is 0 Å². The summed E-state index contributed by atoms with van der Waals surface area (Å²) >= 11 is 0. The lowest BCUT2D eigenvalue weighted by atomic mass is 9.77. The Bertz CT molecular complexity index is 392. The predicted molar refractivity (Wildman–Crippen MR) is 93.4 cm³/mol. The lowest BCUT2D eigenvalue weighted by Gasteiger charge is -2.49. The number of rotatable bonds is 4. The number of fused-ring (bicyclic) bond motifs is 1. The van der Waals surface area contributed by atoms with Gasteiger partial charge in [-0.1, -0.05) is 12.8 Å². The highest BCUT2D eigenvalue weighted by Crippen LogP contribution is 2.36. The van der Waals surface area contributed by atoms with Gasteiger partial charge < -0.3 is 15.8 Å². The quantitative estimate of drug-likeness (QED) is 0.834. The topological polar surface area (TPSA) is 67.6 Å². The molecule has 1 saturated carbocycles. The van der Waals surface area contributed by atoms with Gasteiger partial charge in [0, 0.05) is 24.7 Å². The molecule has 5 nitrogen and oxygen atoms in total. The maximum Gasteiger partial charge on any atom is 0.407 e. The Morgan fingerprint density at radius 1 is 1.26 bits per heavy atom. The average Bonchev–Trinajstić information content (AvgIpc) is 2.46. The molecule has 1 aliphatic heterocycles. The van der Waals surface area contributed by atoms with Gasteiger partial charge in [-0.3, -0.25) is 4.90 Å². The van der Waals surface area contributed by atoms with Crippen molar-refractivity contribution in [1.29, 1.82) is 0 Å². The van der Waals surface area contributed by atoms with E-state index in [9.17, 15) is 4.79 Å². The van der Waals surface area contributed by atoms with E-state index in [4.69, 9.17) is 10.5 Å². The molecule has 2 aliphatic rings. The Morgan fingerprint density at radius 3 is 2.57 bits per heavy atom. The molecule has 5 heteroatoms. The Labute approximate surface area is 141 Å². The molecule has 134 valence electrons. The zero-order valence-electron chi connectivity index (χ0n) is 15.3. The summed E-state index contributed by atoms with van der Waals surface area (Å²) in [5.41, 5.74) is 5.62. The van der Waals surface area contributed by atoms with Crippen LogP contribution in [0.4, 0.5) is 4.79 Å².